The van der Waals surface area contributed by atoms with E-state index >= 15 is 0 Å². The van der Waals surface area contributed by atoms with Crippen LogP contribution in [0.4, 0.5) is 17.1 Å². The van der Waals surface area contributed by atoms with Gasteiger partial charge in [-0.2, -0.15) is 0 Å². The lowest BCUT2D eigenvalue weighted by atomic mass is 9.67. The van der Waals surface area contributed by atoms with Crippen LogP contribution in [0, 0.1) is 6.92 Å². The molecule has 0 bridgehead atoms. The van der Waals surface area contributed by atoms with Crippen molar-refractivity contribution in [2.75, 3.05) is 4.90 Å². The van der Waals surface area contributed by atoms with Gasteiger partial charge in [0.25, 0.3) is 0 Å². The average Bonchev–Trinajstić information content (AvgIpc) is 3.83. The number of hydrogen-bond donors (Lipinski definition) is 0. The van der Waals surface area contributed by atoms with Crippen LogP contribution in [0.25, 0.3) is 55.3 Å². The first-order valence-corrected chi connectivity index (χ1v) is 20.0. The van der Waals surface area contributed by atoms with Crippen molar-refractivity contribution in [3.8, 4) is 33.4 Å². The fourth-order valence-corrected chi connectivity index (χ4v) is 9.44. The third-order valence-electron chi connectivity index (χ3n) is 12.0. The summed E-state index contributed by atoms with van der Waals surface area (Å²) in [6, 6.07) is 79.2. The van der Waals surface area contributed by atoms with Crippen LogP contribution in [0.5, 0.6) is 0 Å². The Morgan fingerprint density at radius 2 is 0.914 bits per heavy atom. The third kappa shape index (κ3) is 5.19. The van der Waals surface area contributed by atoms with E-state index in [-0.39, 0.29) is 0 Å². The van der Waals surface area contributed by atoms with Gasteiger partial charge in [0, 0.05) is 27.6 Å². The van der Waals surface area contributed by atoms with E-state index in [0.29, 0.717) is 0 Å². The lowest BCUT2D eigenvalue weighted by molar-refractivity contribution is 0.670. The summed E-state index contributed by atoms with van der Waals surface area (Å²) in [6.45, 7) is 2.16. The van der Waals surface area contributed by atoms with E-state index < -0.39 is 5.41 Å². The molecule has 0 saturated carbocycles. The van der Waals surface area contributed by atoms with E-state index in [1.807, 2.05) is 0 Å². The number of nitrogens with zero attached hydrogens (tertiary/aromatic N) is 1. The highest BCUT2D eigenvalue weighted by Gasteiger charge is 2.47. The maximum absolute atomic E-state index is 7.12. The molecule has 0 aliphatic heterocycles. The van der Waals surface area contributed by atoms with Crippen molar-refractivity contribution in [2.24, 2.45) is 0 Å². The van der Waals surface area contributed by atoms with Crippen LogP contribution in [0.1, 0.15) is 27.8 Å². The maximum atomic E-state index is 7.12. The first-order valence-electron chi connectivity index (χ1n) is 20.0. The van der Waals surface area contributed by atoms with Crippen LogP contribution in [-0.4, -0.2) is 0 Å². The lowest BCUT2D eigenvalue weighted by Gasteiger charge is -2.34. The quantitative estimate of drug-likeness (QED) is 0.162. The fourth-order valence-electron chi connectivity index (χ4n) is 9.44. The second-order valence-corrected chi connectivity index (χ2v) is 15.3. The standard InChI is InChI=1S/C56H39NO/c1-38-30-34-43(35-31-38)56(42-20-9-4-10-21-42)49-26-12-11-22-48(49)53-50(56)27-15-28-51(53)57(44-36-32-40(33-37-44)39-16-5-2-6-17-39)52-29-14-25-47-46-24-13-23-45(54(46)58-55(47)52)41-18-7-3-8-19-41/h2-37H,1H3. The molecule has 2 nitrogen and oxygen atoms in total. The molecule has 1 aromatic heterocycles. The molecule has 10 aromatic rings. The molecular formula is C56H39NO. The predicted octanol–water partition coefficient (Wildman–Crippen LogP) is 15.1. The molecule has 0 radical (unpaired) electrons. The van der Waals surface area contributed by atoms with Crippen molar-refractivity contribution < 1.29 is 4.42 Å². The van der Waals surface area contributed by atoms with Crippen molar-refractivity contribution in [1.82, 2.24) is 0 Å². The summed E-state index contributed by atoms with van der Waals surface area (Å²) in [6.07, 6.45) is 0. The van der Waals surface area contributed by atoms with Crippen molar-refractivity contribution in [3.63, 3.8) is 0 Å². The second-order valence-electron chi connectivity index (χ2n) is 15.3. The normalized spacial score (nSPS) is 14.4. The summed E-state index contributed by atoms with van der Waals surface area (Å²) in [7, 11) is 0. The molecule has 2 heteroatoms. The number of anilines is 3. The molecule has 274 valence electrons. The third-order valence-corrected chi connectivity index (χ3v) is 12.0. The van der Waals surface area contributed by atoms with Crippen LogP contribution in [-0.2, 0) is 5.41 Å². The highest BCUT2D eigenvalue weighted by atomic mass is 16.3. The molecule has 1 atom stereocenters. The van der Waals surface area contributed by atoms with Gasteiger partial charge in [0.2, 0.25) is 0 Å². The Morgan fingerprint density at radius 1 is 0.379 bits per heavy atom. The molecule has 0 amide bonds. The van der Waals surface area contributed by atoms with E-state index in [1.165, 1.54) is 50.1 Å². The minimum atomic E-state index is -0.532. The molecule has 1 aliphatic carbocycles. The van der Waals surface area contributed by atoms with Crippen LogP contribution in [0.15, 0.2) is 223 Å². The molecule has 11 rings (SSSR count). The Hall–Kier alpha value is -7.42. The van der Waals surface area contributed by atoms with Crippen LogP contribution < -0.4 is 4.90 Å². The summed E-state index contributed by atoms with van der Waals surface area (Å²) in [5.74, 6) is 0. The lowest BCUT2D eigenvalue weighted by Crippen LogP contribution is -2.28. The topological polar surface area (TPSA) is 16.4 Å². The van der Waals surface area contributed by atoms with Crippen LogP contribution >= 0.6 is 0 Å². The molecule has 0 saturated heterocycles. The van der Waals surface area contributed by atoms with Crippen molar-refractivity contribution in [1.29, 1.82) is 0 Å². The largest absolute Gasteiger partial charge is 0.453 e. The highest BCUT2D eigenvalue weighted by Crippen LogP contribution is 2.60. The smallest absolute Gasteiger partial charge is 0.159 e. The van der Waals surface area contributed by atoms with Gasteiger partial charge >= 0.3 is 0 Å². The minimum absolute atomic E-state index is 0.532. The average molecular weight is 742 g/mol. The number of benzene rings is 9. The van der Waals surface area contributed by atoms with Gasteiger partial charge in [-0.25, -0.2) is 0 Å². The molecule has 1 unspecified atom stereocenters. The summed E-state index contributed by atoms with van der Waals surface area (Å²) >= 11 is 0. The minimum Gasteiger partial charge on any atom is -0.453 e. The number of furan rings is 1. The van der Waals surface area contributed by atoms with E-state index in [0.717, 1.165) is 50.1 Å². The Kier molecular flexibility index (Phi) is 7.97. The highest BCUT2D eigenvalue weighted by molar-refractivity contribution is 6.14. The monoisotopic (exact) mass is 741 g/mol. The zero-order valence-corrected chi connectivity index (χ0v) is 32.1. The maximum Gasteiger partial charge on any atom is 0.159 e. The van der Waals surface area contributed by atoms with E-state index in [9.17, 15) is 0 Å². The van der Waals surface area contributed by atoms with Crippen molar-refractivity contribution in [2.45, 2.75) is 12.3 Å². The first-order chi connectivity index (χ1) is 28.7. The number of rotatable bonds is 7. The Bertz CT molecular complexity index is 3090. The van der Waals surface area contributed by atoms with Crippen LogP contribution in [0.3, 0.4) is 0 Å². The molecule has 58 heavy (non-hydrogen) atoms. The molecule has 9 aromatic carbocycles. The fraction of sp³-hybridized carbons (Fsp3) is 0.0357. The first kappa shape index (κ1) is 33.9. The summed E-state index contributed by atoms with van der Waals surface area (Å²) in [5, 5.41) is 2.19. The van der Waals surface area contributed by atoms with E-state index in [4.69, 9.17) is 4.42 Å². The van der Waals surface area contributed by atoms with Gasteiger partial charge in [-0.3, -0.25) is 0 Å². The van der Waals surface area contributed by atoms with Gasteiger partial charge in [-0.05, 0) is 75.7 Å². The van der Waals surface area contributed by atoms with Gasteiger partial charge in [-0.15, -0.1) is 0 Å². The van der Waals surface area contributed by atoms with Gasteiger partial charge in [0.15, 0.2) is 5.58 Å². The van der Waals surface area contributed by atoms with Crippen LogP contribution in [0.2, 0.25) is 0 Å². The molecule has 1 heterocycles. The van der Waals surface area contributed by atoms with Gasteiger partial charge in [-0.1, -0.05) is 200 Å². The zero-order chi connectivity index (χ0) is 38.6. The molecule has 0 spiro atoms. The number of fused-ring (bicyclic) bond motifs is 6. The van der Waals surface area contributed by atoms with Gasteiger partial charge in [0.1, 0.15) is 5.58 Å². The summed E-state index contributed by atoms with van der Waals surface area (Å²) < 4.78 is 7.12. The molecule has 1 aliphatic rings. The second kappa shape index (κ2) is 13.7. The Morgan fingerprint density at radius 3 is 1.66 bits per heavy atom. The van der Waals surface area contributed by atoms with E-state index in [1.54, 1.807) is 0 Å². The zero-order valence-electron chi connectivity index (χ0n) is 32.1. The van der Waals surface area contributed by atoms with Crippen molar-refractivity contribution in [3.05, 3.63) is 246 Å². The molecule has 0 N–H and O–H groups in total. The number of para-hydroxylation sites is 2. The molecule has 0 fully saturated rings. The van der Waals surface area contributed by atoms with Crippen molar-refractivity contribution >= 4 is 39.0 Å². The molecular weight excluding hydrogens is 703 g/mol. The van der Waals surface area contributed by atoms with Gasteiger partial charge < -0.3 is 9.32 Å². The Balaban J connectivity index is 1.21. The predicted molar refractivity (Wildman–Crippen MR) is 241 cm³/mol. The summed E-state index contributed by atoms with van der Waals surface area (Å²) in [5.41, 5.74) is 17.6. The number of aryl methyl sites for hydroxylation is 1. The van der Waals surface area contributed by atoms with E-state index in [2.05, 4.69) is 230 Å². The number of hydrogen-bond acceptors (Lipinski definition) is 2. The van der Waals surface area contributed by atoms with Gasteiger partial charge in [0.05, 0.1) is 16.8 Å². The summed E-state index contributed by atoms with van der Waals surface area (Å²) in [4.78, 5) is 2.42. The Labute approximate surface area is 338 Å². The SMILES string of the molecule is Cc1ccc(C2(c3ccccc3)c3ccccc3-c3c(N(c4ccc(-c5ccccc5)cc4)c4cccc5c4oc4c(-c6ccccc6)cccc45)cccc32)cc1.